The first-order chi connectivity index (χ1) is 6.20. The third-order valence-electron chi connectivity index (χ3n) is 1.77. The highest BCUT2D eigenvalue weighted by molar-refractivity contribution is 6.16. The van der Waals surface area contributed by atoms with Crippen LogP contribution in [-0.4, -0.2) is 22.1 Å². The van der Waals surface area contributed by atoms with Crippen LogP contribution in [0.5, 0.6) is 0 Å². The van der Waals surface area contributed by atoms with E-state index in [1.165, 1.54) is 0 Å². The van der Waals surface area contributed by atoms with Crippen LogP contribution in [0.15, 0.2) is 0 Å². The molecule has 0 atom stereocenters. The van der Waals surface area contributed by atoms with E-state index in [9.17, 15) is 0 Å². The summed E-state index contributed by atoms with van der Waals surface area (Å²) >= 11 is 5.71. The largest absolute Gasteiger partial charge is 0.378 e. The highest BCUT2D eigenvalue weighted by Crippen LogP contribution is 2.14. The quantitative estimate of drug-likeness (QED) is 0.700. The molecule has 0 unspecified atom stereocenters. The Kier molecular flexibility index (Phi) is 3.69. The fraction of sp³-hybridized carbons (Fsp3) is 0.750. The normalized spacial score (nSPS) is 11.2. The summed E-state index contributed by atoms with van der Waals surface area (Å²) in [5.74, 6) is 0.380. The number of rotatable bonds is 4. The number of nitrogens with zero attached hydrogens (tertiary/aromatic N) is 3. The fourth-order valence-corrected chi connectivity index (χ4v) is 1.36. The molecule has 0 aliphatic rings. The Morgan fingerprint density at radius 1 is 1.54 bits per heavy atom. The predicted molar refractivity (Wildman–Crippen MR) is 50.7 cm³/mol. The van der Waals surface area contributed by atoms with Gasteiger partial charge in [0, 0.05) is 13.2 Å². The number of ether oxygens (including phenoxy) is 1. The first kappa shape index (κ1) is 10.5. The van der Waals surface area contributed by atoms with Gasteiger partial charge in [0.2, 0.25) is 0 Å². The number of aromatic nitrogens is 3. The van der Waals surface area contributed by atoms with E-state index in [0.717, 1.165) is 11.4 Å². The van der Waals surface area contributed by atoms with Gasteiger partial charge in [0.05, 0.1) is 18.2 Å². The van der Waals surface area contributed by atoms with Crippen LogP contribution in [-0.2, 0) is 17.2 Å². The number of alkyl halides is 1. The van der Waals surface area contributed by atoms with Crippen molar-refractivity contribution in [3.05, 3.63) is 11.4 Å². The van der Waals surface area contributed by atoms with Crippen molar-refractivity contribution in [2.75, 3.05) is 7.11 Å². The third-order valence-corrected chi connectivity index (χ3v) is 2.02. The summed E-state index contributed by atoms with van der Waals surface area (Å²) in [6.07, 6.45) is 0. The second kappa shape index (κ2) is 4.58. The standard InChI is InChI=1S/C8H14ClN3O/c1-6(2)12-8(5-13-3)7(4-9)10-11-12/h6H,4-5H2,1-3H3. The first-order valence-electron chi connectivity index (χ1n) is 4.18. The van der Waals surface area contributed by atoms with Crippen LogP contribution in [0.1, 0.15) is 31.3 Å². The Morgan fingerprint density at radius 2 is 2.23 bits per heavy atom. The smallest absolute Gasteiger partial charge is 0.103 e. The molecule has 0 spiro atoms. The van der Waals surface area contributed by atoms with E-state index < -0.39 is 0 Å². The lowest BCUT2D eigenvalue weighted by molar-refractivity contribution is 0.174. The molecule has 0 N–H and O–H groups in total. The minimum absolute atomic E-state index is 0.287. The van der Waals surface area contributed by atoms with Crippen molar-refractivity contribution in [2.45, 2.75) is 32.4 Å². The van der Waals surface area contributed by atoms with Crippen molar-refractivity contribution in [3.63, 3.8) is 0 Å². The predicted octanol–water partition coefficient (Wildman–Crippen LogP) is 1.74. The minimum atomic E-state index is 0.287. The molecule has 4 nitrogen and oxygen atoms in total. The second-order valence-corrected chi connectivity index (χ2v) is 3.36. The number of methoxy groups -OCH3 is 1. The Hall–Kier alpha value is -0.610. The van der Waals surface area contributed by atoms with E-state index in [1.54, 1.807) is 7.11 Å². The van der Waals surface area contributed by atoms with E-state index in [-0.39, 0.29) is 6.04 Å². The molecule has 0 saturated heterocycles. The van der Waals surface area contributed by atoms with Crippen molar-refractivity contribution < 1.29 is 4.74 Å². The number of halogens is 1. The van der Waals surface area contributed by atoms with Gasteiger partial charge in [0.1, 0.15) is 5.69 Å². The van der Waals surface area contributed by atoms with Crippen LogP contribution in [0.3, 0.4) is 0 Å². The molecule has 0 bridgehead atoms. The molecule has 0 aromatic carbocycles. The average molecular weight is 204 g/mol. The van der Waals surface area contributed by atoms with Gasteiger partial charge in [0.25, 0.3) is 0 Å². The fourth-order valence-electron chi connectivity index (χ4n) is 1.15. The monoisotopic (exact) mass is 203 g/mol. The lowest BCUT2D eigenvalue weighted by Crippen LogP contribution is -2.09. The highest BCUT2D eigenvalue weighted by Gasteiger charge is 2.13. The Bertz CT molecular complexity index is 272. The average Bonchev–Trinajstić information content (AvgIpc) is 2.48. The summed E-state index contributed by atoms with van der Waals surface area (Å²) in [4.78, 5) is 0. The van der Waals surface area contributed by atoms with Crippen LogP contribution < -0.4 is 0 Å². The Labute approximate surface area is 82.8 Å². The second-order valence-electron chi connectivity index (χ2n) is 3.09. The van der Waals surface area contributed by atoms with Crippen molar-refractivity contribution >= 4 is 11.6 Å². The third kappa shape index (κ3) is 2.19. The summed E-state index contributed by atoms with van der Waals surface area (Å²) in [7, 11) is 1.65. The van der Waals surface area contributed by atoms with Gasteiger partial charge in [0.15, 0.2) is 0 Å². The number of hydrogen-bond donors (Lipinski definition) is 0. The van der Waals surface area contributed by atoms with Crippen LogP contribution >= 0.6 is 11.6 Å². The maximum absolute atomic E-state index is 5.71. The van der Waals surface area contributed by atoms with Gasteiger partial charge in [-0.05, 0) is 13.8 Å². The SMILES string of the molecule is COCc1c(CCl)nnn1C(C)C. The summed E-state index contributed by atoms with van der Waals surface area (Å²) < 4.78 is 6.89. The van der Waals surface area contributed by atoms with Crippen LogP contribution in [0.4, 0.5) is 0 Å². The molecule has 0 aliphatic heterocycles. The molecule has 0 saturated carbocycles. The summed E-state index contributed by atoms with van der Waals surface area (Å²) in [5.41, 5.74) is 1.77. The first-order valence-corrected chi connectivity index (χ1v) is 4.72. The van der Waals surface area contributed by atoms with E-state index in [4.69, 9.17) is 16.3 Å². The van der Waals surface area contributed by atoms with Crippen molar-refractivity contribution in [3.8, 4) is 0 Å². The zero-order chi connectivity index (χ0) is 9.84. The molecule has 0 radical (unpaired) electrons. The van der Waals surface area contributed by atoms with Crippen molar-refractivity contribution in [1.82, 2.24) is 15.0 Å². The molecule has 0 amide bonds. The zero-order valence-corrected chi connectivity index (χ0v) is 8.88. The molecular weight excluding hydrogens is 190 g/mol. The van der Waals surface area contributed by atoms with Gasteiger partial charge < -0.3 is 4.74 Å². The van der Waals surface area contributed by atoms with Gasteiger partial charge >= 0.3 is 0 Å². The van der Waals surface area contributed by atoms with Crippen LogP contribution in [0, 0.1) is 0 Å². The zero-order valence-electron chi connectivity index (χ0n) is 8.12. The van der Waals surface area contributed by atoms with Gasteiger partial charge in [-0.2, -0.15) is 0 Å². The summed E-state index contributed by atoms with van der Waals surface area (Å²) in [6.45, 7) is 4.60. The van der Waals surface area contributed by atoms with Crippen molar-refractivity contribution in [2.24, 2.45) is 0 Å². The molecule has 1 aromatic heterocycles. The minimum Gasteiger partial charge on any atom is -0.378 e. The highest BCUT2D eigenvalue weighted by atomic mass is 35.5. The molecule has 0 aliphatic carbocycles. The van der Waals surface area contributed by atoms with E-state index in [1.807, 2.05) is 18.5 Å². The van der Waals surface area contributed by atoms with Gasteiger partial charge in [-0.1, -0.05) is 5.21 Å². The molecule has 1 aromatic rings. The van der Waals surface area contributed by atoms with E-state index in [0.29, 0.717) is 12.5 Å². The number of hydrogen-bond acceptors (Lipinski definition) is 3. The molecule has 1 rings (SSSR count). The molecule has 0 fully saturated rings. The summed E-state index contributed by atoms with van der Waals surface area (Å²) in [6, 6.07) is 0.287. The van der Waals surface area contributed by atoms with Gasteiger partial charge in [-0.3, -0.25) is 0 Å². The lowest BCUT2D eigenvalue weighted by atomic mass is 10.3. The van der Waals surface area contributed by atoms with Gasteiger partial charge in [-0.25, -0.2) is 4.68 Å². The maximum atomic E-state index is 5.71. The van der Waals surface area contributed by atoms with Gasteiger partial charge in [-0.15, -0.1) is 16.7 Å². The topological polar surface area (TPSA) is 39.9 Å². The molecular formula is C8H14ClN3O. The molecule has 13 heavy (non-hydrogen) atoms. The summed E-state index contributed by atoms with van der Waals surface area (Å²) in [5, 5.41) is 7.98. The maximum Gasteiger partial charge on any atom is 0.103 e. The van der Waals surface area contributed by atoms with Crippen molar-refractivity contribution in [1.29, 1.82) is 0 Å². The molecule has 5 heteroatoms. The van der Waals surface area contributed by atoms with E-state index >= 15 is 0 Å². The molecule has 74 valence electrons. The van der Waals surface area contributed by atoms with E-state index in [2.05, 4.69) is 10.3 Å². The molecule has 1 heterocycles. The Morgan fingerprint density at radius 3 is 2.69 bits per heavy atom. The lowest BCUT2D eigenvalue weighted by Gasteiger charge is -2.09. The van der Waals surface area contributed by atoms with Crippen LogP contribution in [0.2, 0.25) is 0 Å². The Balaban J connectivity index is 2.99. The van der Waals surface area contributed by atoms with Crippen LogP contribution in [0.25, 0.3) is 0 Å².